The van der Waals surface area contributed by atoms with Crippen LogP contribution >= 0.6 is 12.6 Å². The van der Waals surface area contributed by atoms with E-state index in [2.05, 4.69) is 86.4 Å². The third-order valence-corrected chi connectivity index (χ3v) is 14.4. The minimum absolute atomic E-state index is 0.0427. The van der Waals surface area contributed by atoms with Gasteiger partial charge in [-0.1, -0.05) is 38.1 Å². The van der Waals surface area contributed by atoms with Crippen molar-refractivity contribution in [3.63, 3.8) is 0 Å². The van der Waals surface area contributed by atoms with Crippen molar-refractivity contribution in [2.24, 2.45) is 50.3 Å². The number of nitrogens with one attached hydrogen (secondary N) is 12. The lowest BCUT2D eigenvalue weighted by Crippen LogP contribution is -2.60. The predicted molar refractivity (Wildman–Crippen MR) is 356 cm³/mol. The van der Waals surface area contributed by atoms with Gasteiger partial charge in [0.25, 0.3) is 0 Å². The number of aromatic hydroxyl groups is 2. The maximum atomic E-state index is 13.9. The Labute approximate surface area is 569 Å². The molecule has 0 unspecified atom stereocenters. The number of guanidine groups is 2. The number of carbonyl (C=O) groups excluding carboxylic acids is 13. The van der Waals surface area contributed by atoms with E-state index in [4.69, 9.17) is 34.4 Å². The van der Waals surface area contributed by atoms with Gasteiger partial charge in [0.2, 0.25) is 76.8 Å². The molecule has 0 aromatic heterocycles. The molecule has 0 bridgehead atoms. The molecular formula is C59H92N20O18S. The number of phenols is 2. The van der Waals surface area contributed by atoms with Crippen LogP contribution in [0.3, 0.4) is 0 Å². The van der Waals surface area contributed by atoms with E-state index < -0.39 is 182 Å². The number of nitrogens with zero attached hydrogens (tertiary/aromatic N) is 2. The zero-order valence-corrected chi connectivity index (χ0v) is 55.5. The van der Waals surface area contributed by atoms with E-state index in [9.17, 15) is 87.5 Å². The molecule has 0 heterocycles. The highest BCUT2D eigenvalue weighted by atomic mass is 32.1. The maximum Gasteiger partial charge on any atom is 0.303 e. The van der Waals surface area contributed by atoms with E-state index in [1.54, 1.807) is 0 Å². The van der Waals surface area contributed by atoms with Gasteiger partial charge in [0.15, 0.2) is 11.9 Å². The number of rotatable bonds is 44. The lowest BCUT2D eigenvalue weighted by molar-refractivity contribution is -0.138. The maximum absolute atomic E-state index is 13.9. The number of carboxylic acid groups (broad SMARTS) is 1. The summed E-state index contributed by atoms with van der Waals surface area (Å²) in [5, 5.41) is 67.2. The molecule has 10 atom stereocenters. The van der Waals surface area contributed by atoms with Crippen molar-refractivity contribution in [3.05, 3.63) is 59.7 Å². The molecule has 0 aliphatic heterocycles. The smallest absolute Gasteiger partial charge is 0.303 e. The number of aliphatic imine (C=N–C) groups is 2. The Bertz CT molecular complexity index is 3130. The topological polar surface area (TPSA) is 645 Å². The van der Waals surface area contributed by atoms with Crippen LogP contribution in [0.15, 0.2) is 58.5 Å². The van der Waals surface area contributed by atoms with E-state index >= 15 is 0 Å². The summed E-state index contributed by atoms with van der Waals surface area (Å²) >= 11 is 4.14. The first kappa shape index (κ1) is 83.5. The standard InChI is InChI=1S/C59H92N20O18S/c1-29(2)21-36(60)51(91)77-40(22-32-9-13-34(81)14-10-32)55(95)75-37(7-5-19-66-58(62)63)52(92)71-30(3)49(89)70-25-45(84)68-24-44(83)69-26-46(85)73-43(28-98)57(97)76-38(8-6-20-67-59(64)65)53(93)72-31(4)50(90)74-39(17-18-47(86)87)54(94)78-41(23-33-11-15-35(82)16-12-33)56(96)79-42(27-80)48(61)88/h9-16,29-31,36-43,80-82,98H,5-8,17-28,60H2,1-4H3,(H2,61,88)(H,68,84)(H,69,83)(H,70,89)(H,71,92)(H,72,93)(H,73,85)(H,74,90)(H,75,95)(H,76,97)(H,77,91)(H,78,94)(H,79,96)(H,86,87)(H4,62,63,66)(H4,64,65,67)/t30-,31-,36-,37-,38-,39-,40-,41-,42-,43-/m0/s1. The number of hydrogen-bond donors (Lipinski definition) is 23. The minimum atomic E-state index is -1.68. The molecule has 38 nitrogen and oxygen atoms in total. The van der Waals surface area contributed by atoms with Crippen LogP contribution < -0.4 is 98.2 Å². The lowest BCUT2D eigenvalue weighted by atomic mass is 10.0. The zero-order chi connectivity index (χ0) is 73.8. The number of amides is 13. The van der Waals surface area contributed by atoms with Crippen molar-refractivity contribution in [2.75, 3.05) is 45.1 Å². The highest BCUT2D eigenvalue weighted by molar-refractivity contribution is 7.80. The van der Waals surface area contributed by atoms with E-state index in [0.717, 1.165) is 0 Å². The zero-order valence-electron chi connectivity index (χ0n) is 54.6. The molecule has 28 N–H and O–H groups in total. The number of hydrogen-bond acceptors (Lipinski definition) is 21. The number of aliphatic carboxylic acids is 1. The van der Waals surface area contributed by atoms with Crippen LogP contribution in [0.25, 0.3) is 0 Å². The fraction of sp³-hybridized carbons (Fsp3) is 0.525. The number of carbonyl (C=O) groups is 14. The quantitative estimate of drug-likeness (QED) is 0.0127. The summed E-state index contributed by atoms with van der Waals surface area (Å²) in [6.07, 6.45) is -1.33. The van der Waals surface area contributed by atoms with Crippen LogP contribution in [0.4, 0.5) is 0 Å². The molecule has 0 radical (unpaired) electrons. The number of aliphatic hydroxyl groups excluding tert-OH is 1. The molecule has 2 aromatic carbocycles. The average Bonchev–Trinajstić information content (AvgIpc) is 0.914. The summed E-state index contributed by atoms with van der Waals surface area (Å²) in [5.74, 6) is -14.6. The van der Waals surface area contributed by atoms with Gasteiger partial charge in [0.1, 0.15) is 65.9 Å². The molecule has 39 heteroatoms. The van der Waals surface area contributed by atoms with Crippen molar-refractivity contribution >= 4 is 107 Å². The van der Waals surface area contributed by atoms with Crippen molar-refractivity contribution in [2.45, 2.75) is 146 Å². The Balaban J connectivity index is 2.09. The number of primary amides is 1. The fourth-order valence-corrected chi connectivity index (χ4v) is 8.98. The summed E-state index contributed by atoms with van der Waals surface area (Å²) in [6.45, 7) is 3.08. The summed E-state index contributed by atoms with van der Waals surface area (Å²) in [4.78, 5) is 192. The molecule has 0 aliphatic carbocycles. The molecule has 0 spiro atoms. The molecule has 13 amide bonds. The van der Waals surface area contributed by atoms with Crippen LogP contribution in [-0.2, 0) is 80.0 Å². The summed E-state index contributed by atoms with van der Waals surface area (Å²) < 4.78 is 0. The second-order valence-electron chi connectivity index (χ2n) is 22.8. The molecule has 0 fully saturated rings. The lowest BCUT2D eigenvalue weighted by Gasteiger charge is -2.26. The molecule has 2 rings (SSSR count). The Morgan fingerprint density at radius 2 is 0.816 bits per heavy atom. The van der Waals surface area contributed by atoms with Crippen molar-refractivity contribution < 1.29 is 87.5 Å². The highest BCUT2D eigenvalue weighted by Crippen LogP contribution is 2.15. The van der Waals surface area contributed by atoms with E-state index in [1.165, 1.54) is 62.4 Å². The van der Waals surface area contributed by atoms with Crippen molar-refractivity contribution in [3.8, 4) is 11.5 Å². The molecule has 2 aromatic rings. The third-order valence-electron chi connectivity index (χ3n) is 14.0. The number of thiol groups is 1. The van der Waals surface area contributed by atoms with Crippen LogP contribution in [0.5, 0.6) is 11.5 Å². The van der Waals surface area contributed by atoms with Gasteiger partial charge >= 0.3 is 5.97 Å². The predicted octanol–water partition coefficient (Wildman–Crippen LogP) is -8.61. The molecular weight excluding hydrogens is 1310 g/mol. The molecule has 542 valence electrons. The van der Waals surface area contributed by atoms with Crippen LogP contribution in [0.2, 0.25) is 0 Å². The first-order chi connectivity index (χ1) is 46.1. The Hall–Kier alpha value is -10.6. The molecule has 0 saturated heterocycles. The van der Waals surface area contributed by atoms with Crippen molar-refractivity contribution in [1.29, 1.82) is 0 Å². The van der Waals surface area contributed by atoms with Gasteiger partial charge < -0.3 is 119 Å². The first-order valence-electron chi connectivity index (χ1n) is 30.8. The first-order valence-corrected chi connectivity index (χ1v) is 31.4. The van der Waals surface area contributed by atoms with Gasteiger partial charge in [-0.25, -0.2) is 0 Å². The number of aliphatic hydroxyl groups is 1. The Morgan fingerprint density at radius 3 is 1.23 bits per heavy atom. The van der Waals surface area contributed by atoms with Gasteiger partial charge in [0, 0.05) is 38.1 Å². The number of benzene rings is 2. The van der Waals surface area contributed by atoms with Crippen molar-refractivity contribution in [1.82, 2.24) is 63.8 Å². The highest BCUT2D eigenvalue weighted by Gasteiger charge is 2.34. The SMILES string of the molecule is CC(C)C[C@H](N)C(=O)N[C@@H](Cc1ccc(O)cc1)C(=O)N[C@@H](CCCN=C(N)N)C(=O)N[C@@H](C)C(=O)NCC(=O)NCC(=O)NCC(=O)N[C@@H](CS)C(=O)N[C@@H](CCCN=C(N)N)C(=O)N[C@@H](C)C(=O)N[C@@H](CCC(=O)O)C(=O)N[C@@H](Cc1ccc(O)cc1)C(=O)N[C@@H](CO)C(N)=O. The molecule has 0 aliphatic rings. The number of phenolic OH excluding ortho intramolecular Hbond substituents is 2. The third kappa shape index (κ3) is 33.2. The summed E-state index contributed by atoms with van der Waals surface area (Å²) in [7, 11) is 0. The molecule has 0 saturated carbocycles. The Kier molecular flexibility index (Phi) is 37.1. The largest absolute Gasteiger partial charge is 0.508 e. The van der Waals surface area contributed by atoms with Crippen LogP contribution in [-0.4, -0.2) is 221 Å². The van der Waals surface area contributed by atoms with Gasteiger partial charge in [-0.3, -0.25) is 77.1 Å². The minimum Gasteiger partial charge on any atom is -0.508 e. The van der Waals surface area contributed by atoms with Crippen LogP contribution in [0.1, 0.15) is 83.8 Å². The van der Waals surface area contributed by atoms with Gasteiger partial charge in [-0.2, -0.15) is 12.6 Å². The Morgan fingerprint density at radius 1 is 0.449 bits per heavy atom. The van der Waals surface area contributed by atoms with Gasteiger partial charge in [0.05, 0.1) is 32.3 Å². The summed E-state index contributed by atoms with van der Waals surface area (Å²) in [6, 6.07) is -2.92. The van der Waals surface area contributed by atoms with Gasteiger partial charge in [-0.15, -0.1) is 0 Å². The van der Waals surface area contributed by atoms with E-state index in [-0.39, 0.29) is 86.7 Å². The normalized spacial score (nSPS) is 13.9. The van der Waals surface area contributed by atoms with E-state index in [0.29, 0.717) is 17.5 Å². The van der Waals surface area contributed by atoms with Gasteiger partial charge in [-0.05, 0) is 93.7 Å². The molecule has 98 heavy (non-hydrogen) atoms. The number of nitrogens with two attached hydrogens (primary N) is 6. The second kappa shape index (κ2) is 43.5. The van der Waals surface area contributed by atoms with Crippen LogP contribution in [0, 0.1) is 5.92 Å². The van der Waals surface area contributed by atoms with E-state index in [1.807, 2.05) is 13.8 Å². The summed E-state index contributed by atoms with van der Waals surface area (Å²) in [5.41, 5.74) is 34.0. The monoisotopic (exact) mass is 1400 g/mol. The average molecular weight is 1400 g/mol. The fourth-order valence-electron chi connectivity index (χ4n) is 8.72. The number of carboxylic acids is 1. The second-order valence-corrected chi connectivity index (χ2v) is 23.2.